The van der Waals surface area contributed by atoms with Crippen LogP contribution in [0.3, 0.4) is 0 Å². The third kappa shape index (κ3) is 17.1. The minimum atomic E-state index is -5.04. The van der Waals surface area contributed by atoms with Crippen molar-refractivity contribution in [1.29, 1.82) is 0 Å². The number of aromatic nitrogens is 16. The van der Waals surface area contributed by atoms with Gasteiger partial charge in [-0.25, -0.2) is 55.1 Å². The molecule has 0 amide bonds. The minimum Gasteiger partial charge on any atom is -0.766 e. The number of nitrogen functional groups attached to an aromatic ring is 4. The van der Waals surface area contributed by atoms with E-state index in [1.54, 1.807) is 11.5 Å². The number of nitrogens with two attached hydrogens (primary N) is 6. The molecule has 49 nitrogen and oxygen atoms in total. The number of aliphatic hydroxyl groups is 2. The molecule has 0 aromatic carbocycles. The van der Waals surface area contributed by atoms with Gasteiger partial charge < -0.3 is 118 Å². The average Bonchev–Trinajstić information content (AvgIpc) is 1.62. The molecule has 0 radical (unpaired) electrons. The second-order valence-electron chi connectivity index (χ2n) is 25.0. The van der Waals surface area contributed by atoms with Crippen molar-refractivity contribution in [1.82, 2.24) is 111 Å². The summed E-state index contributed by atoms with van der Waals surface area (Å²) in [6.45, 7) is 8.88. The maximum Gasteiger partial charge on any atom is 0.280 e. The fourth-order valence-electron chi connectivity index (χ4n) is 12.0. The summed E-state index contributed by atoms with van der Waals surface area (Å²) in [5, 5.41) is 31.4. The Labute approximate surface area is 597 Å². The van der Waals surface area contributed by atoms with Crippen molar-refractivity contribution in [2.45, 2.75) is 152 Å². The van der Waals surface area contributed by atoms with Gasteiger partial charge in [0.15, 0.2) is 72.3 Å². The van der Waals surface area contributed by atoms with Crippen LogP contribution in [0.4, 0.5) is 23.5 Å². The fourth-order valence-corrected chi connectivity index (χ4v) is 17.7. The van der Waals surface area contributed by atoms with Crippen molar-refractivity contribution in [3.8, 4) is 0 Å². The number of nitrogens with zero attached hydrogens (tertiary/aromatic N) is 14. The number of imidazole rings is 4. The summed E-state index contributed by atoms with van der Waals surface area (Å²) < 4.78 is 111. The molecular formula is C51H88N28O21P4Si-4. The molecular weight excluding hydrogens is 1490 g/mol. The second-order valence-corrected chi connectivity index (χ2v) is 35.8. The number of hydrogen-bond acceptors (Lipinski definition) is 39. The smallest absolute Gasteiger partial charge is 0.280 e. The first-order valence-corrected chi connectivity index (χ1v) is 39.7. The highest BCUT2D eigenvalue weighted by Gasteiger charge is 2.55. The number of ether oxygens (including phenoxy) is 4. The van der Waals surface area contributed by atoms with Crippen LogP contribution in [0.25, 0.3) is 44.7 Å². The third-order valence-corrected chi connectivity index (χ3v) is 26.6. The Morgan fingerprint density at radius 2 is 0.819 bits per heavy atom. The molecule has 6 fully saturated rings. The molecule has 14 heterocycles. The van der Waals surface area contributed by atoms with Gasteiger partial charge in [-0.15, -0.1) is 0 Å². The molecule has 6 aliphatic rings. The van der Waals surface area contributed by atoms with Crippen molar-refractivity contribution in [3.63, 3.8) is 0 Å². The number of nitrogens with one attached hydrogen (secondary N) is 6. The topological polar surface area (TPSA) is 773 Å². The summed E-state index contributed by atoms with van der Waals surface area (Å²) in [4.78, 5) is 124. The Morgan fingerprint density at radius 3 is 1.22 bits per heavy atom. The lowest BCUT2D eigenvalue weighted by molar-refractivity contribution is -0.211. The van der Waals surface area contributed by atoms with Crippen molar-refractivity contribution < 1.29 is 89.5 Å². The summed E-state index contributed by atoms with van der Waals surface area (Å²) in [5.41, 5.74) is 31.7. The van der Waals surface area contributed by atoms with Crippen LogP contribution >= 0.6 is 31.0 Å². The van der Waals surface area contributed by atoms with Gasteiger partial charge in [0.05, 0.1) is 69.9 Å². The van der Waals surface area contributed by atoms with Crippen molar-refractivity contribution in [2.24, 2.45) is 17.4 Å². The van der Waals surface area contributed by atoms with Crippen LogP contribution in [0, 0.1) is 5.92 Å². The quantitative estimate of drug-likeness (QED) is 0.0559. The lowest BCUT2D eigenvalue weighted by atomic mass is 10.00. The third-order valence-electron chi connectivity index (χ3n) is 17.7. The van der Waals surface area contributed by atoms with Gasteiger partial charge in [-0.05, 0) is 32.2 Å². The summed E-state index contributed by atoms with van der Waals surface area (Å²) in [6, 6.07) is -5.26. The molecule has 26 N–H and O–H groups in total. The van der Waals surface area contributed by atoms with Crippen LogP contribution in [0.15, 0.2) is 47.6 Å². The molecule has 8 aromatic rings. The van der Waals surface area contributed by atoms with Crippen LogP contribution in [-0.2, 0) is 59.7 Å². The summed E-state index contributed by atoms with van der Waals surface area (Å²) in [6.07, 6.45) is -6.83. The normalized spacial score (nSPS) is 33.6. The number of H-pyrrole nitrogens is 2. The molecule has 6 saturated heterocycles. The van der Waals surface area contributed by atoms with E-state index in [0.717, 1.165) is 17.2 Å². The van der Waals surface area contributed by atoms with E-state index in [-0.39, 0.29) is 94.7 Å². The summed E-state index contributed by atoms with van der Waals surface area (Å²) in [5.74, 6) is -0.957. The van der Waals surface area contributed by atoms with Gasteiger partial charge in [-0.1, -0.05) is 42.5 Å². The van der Waals surface area contributed by atoms with Gasteiger partial charge in [0, 0.05) is 12.0 Å². The summed E-state index contributed by atoms with van der Waals surface area (Å²) in [7, 11) is -19.6. The van der Waals surface area contributed by atoms with Gasteiger partial charge in [0.1, 0.15) is 72.6 Å². The molecule has 586 valence electrons. The number of fused-ring (bicyclic) bond motifs is 8. The van der Waals surface area contributed by atoms with E-state index >= 15 is 0 Å². The maximum absolute atomic E-state index is 13.8. The molecule has 0 aliphatic carbocycles. The Bertz CT molecular complexity index is 4680. The zero-order valence-corrected chi connectivity index (χ0v) is 60.7. The highest BCUT2D eigenvalue weighted by Crippen LogP contribution is 2.50. The van der Waals surface area contributed by atoms with Gasteiger partial charge >= 0.3 is 0 Å². The van der Waals surface area contributed by atoms with E-state index in [2.05, 4.69) is 91.6 Å². The number of aliphatic hydroxyl groups excluding tert-OH is 2. The van der Waals surface area contributed by atoms with Crippen molar-refractivity contribution in [2.75, 3.05) is 63.5 Å². The van der Waals surface area contributed by atoms with E-state index in [4.69, 9.17) is 64.4 Å². The fraction of sp³-hybridized carbons (Fsp3) is 0.608. The number of anilines is 4. The van der Waals surface area contributed by atoms with E-state index in [1.165, 1.54) is 48.5 Å². The van der Waals surface area contributed by atoms with Crippen molar-refractivity contribution in [3.05, 3.63) is 58.7 Å². The highest BCUT2D eigenvalue weighted by atomic mass is 31.2. The van der Waals surface area contributed by atoms with Gasteiger partial charge in [-0.2, -0.15) is 9.97 Å². The lowest BCUT2D eigenvalue weighted by Gasteiger charge is -2.42. The van der Waals surface area contributed by atoms with Crippen LogP contribution in [0.5, 0.6) is 0 Å². The Morgan fingerprint density at radius 1 is 0.505 bits per heavy atom. The second kappa shape index (κ2) is 32.6. The first-order chi connectivity index (χ1) is 47.6. The van der Waals surface area contributed by atoms with Crippen LogP contribution in [0.1, 0.15) is 67.5 Å². The molecule has 0 spiro atoms. The standard InChI is InChI=1S/C27H42N12O10P2Si.C20H26N12O11P2.2CH5N.2CH4.2H3N/c1-12-15-13(47-24(12)39-11-33-18-22(39)34-26(29)35-23(18)40)7-45-51(43,44)37-16-14(8-46-50(41,42)36-15)48-25(19(16)49-52(5,6)27(2,3)4)38-10-32-17-20(28)30-9-31-21(17)38;21-14-10-15(24-3-23-14)31(4-25-10)18-12(33)8-6(42-18)1-40-45(38,39)30-9-7(2-41-44(36,37)29-8)43-19(13(9)34)32-5-26-11-16(32)27-20(22)28-17(11)35;2*1-2;;;;/h9-16,19,24-25H,7-8H2,1-6H3,(H2,28,30,31)(H2,36,41,42)(H2,37,43,44)(H3,29,34,35,40);3-9,12-13,18-19,33-34H,1-2H2,(H2,21,23,24)(H2,29,36,37)(H2,30,38,39)(H3,22,27,28,35);2*2H2,1H3;2*1H4;2*1H3/p-4/t12-,13-,14-,15+,16-,19-,24-,25-;6-,7-,8-,9-,12-,13-,18-,19-;;;;;;/m11....../s1. The van der Waals surface area contributed by atoms with Gasteiger partial charge in [0.2, 0.25) is 42.9 Å². The molecule has 0 saturated carbocycles. The zero-order valence-electron chi connectivity index (χ0n) is 56.1. The number of aromatic amines is 2. The Balaban J connectivity index is 0.000000272. The van der Waals surface area contributed by atoms with Crippen LogP contribution < -0.4 is 97.7 Å². The van der Waals surface area contributed by atoms with E-state index in [9.17, 15) is 57.6 Å². The molecule has 4 unspecified atom stereocenters. The molecule has 20 atom stereocenters. The minimum absolute atomic E-state index is 0. The predicted octanol–water partition coefficient (Wildman–Crippen LogP) is -3.87. The van der Waals surface area contributed by atoms with E-state index < -0.39 is 175 Å². The van der Waals surface area contributed by atoms with E-state index in [0.29, 0.717) is 5.65 Å². The highest BCUT2D eigenvalue weighted by molar-refractivity contribution is 7.50. The summed E-state index contributed by atoms with van der Waals surface area (Å²) >= 11 is 0. The first-order valence-electron chi connectivity index (χ1n) is 30.6. The molecule has 54 heteroatoms. The molecule has 6 aliphatic heterocycles. The monoisotopic (exact) mass is 1580 g/mol. The van der Waals surface area contributed by atoms with Crippen LogP contribution in [-0.4, -0.2) is 204 Å². The largest absolute Gasteiger partial charge is 0.766 e. The Kier molecular flexibility index (Phi) is 26.5. The van der Waals surface area contributed by atoms with Crippen LogP contribution in [0.2, 0.25) is 18.1 Å². The molecule has 105 heavy (non-hydrogen) atoms. The molecule has 14 rings (SSSR count). The van der Waals surface area contributed by atoms with E-state index in [1.807, 2.05) is 33.9 Å². The van der Waals surface area contributed by atoms with Crippen molar-refractivity contribution >= 4 is 107 Å². The average molecular weight is 1580 g/mol. The maximum atomic E-state index is 13.8. The molecule has 0 bridgehead atoms. The predicted molar refractivity (Wildman–Crippen MR) is 369 cm³/mol. The first kappa shape index (κ1) is 85.5. The lowest BCUT2D eigenvalue weighted by Crippen LogP contribution is -2.53. The van der Waals surface area contributed by atoms with Gasteiger partial charge in [0.25, 0.3) is 11.1 Å². The number of rotatable bonds is 6. The SMILES string of the molecule is C.C.CN.CN.C[C@@H]1[C@@H]2NP(=O)([O-])OC[C@H]3O[C@@H](n4cnc5c(N)ncnc54)[C@H](O[Si](C)(C)C(C)(C)C)[C@@H]3NP(=O)([O-])OC[C@H]2O[C@H]1n1cnc2c(=O)[nH]c(N)nc21.N.N.Nc1nc2c(ncn2[C@@H]2O[C@@H]3COP(=O)([O-])N[C@H]4[C@@H](O)[C@H](n5cnc6c(N)ncnc65)O[C@@H]4COP(=O)([O-])N[C@H]3[C@H]2O)c(=O)[nH]1. The van der Waals surface area contributed by atoms with Gasteiger partial charge in [-0.3, -0.25) is 61.2 Å². The zero-order chi connectivity index (χ0) is 73.4. The Hall–Kier alpha value is -6.78. The molecule has 8 aromatic heterocycles. The number of hydrogen-bond donors (Lipinski definition) is 16.